The van der Waals surface area contributed by atoms with Crippen molar-refractivity contribution in [2.24, 2.45) is 0 Å². The SMILES string of the molecule is CC(O)CCNC1CCCCCC1O. The molecule has 1 saturated carbocycles. The van der Waals surface area contributed by atoms with E-state index in [2.05, 4.69) is 5.32 Å². The van der Waals surface area contributed by atoms with Crippen molar-refractivity contribution in [1.82, 2.24) is 5.32 Å². The van der Waals surface area contributed by atoms with Gasteiger partial charge in [0, 0.05) is 6.04 Å². The summed E-state index contributed by atoms with van der Waals surface area (Å²) in [6, 6.07) is 0.247. The monoisotopic (exact) mass is 201 g/mol. The van der Waals surface area contributed by atoms with E-state index in [0.717, 1.165) is 32.2 Å². The Hall–Kier alpha value is -0.120. The van der Waals surface area contributed by atoms with E-state index < -0.39 is 0 Å². The van der Waals surface area contributed by atoms with Crippen LogP contribution in [0.15, 0.2) is 0 Å². The molecule has 3 atom stereocenters. The molecule has 0 bridgehead atoms. The Morgan fingerprint density at radius 1 is 1.29 bits per heavy atom. The maximum Gasteiger partial charge on any atom is 0.0693 e. The van der Waals surface area contributed by atoms with Crippen LogP contribution in [0.4, 0.5) is 0 Å². The molecule has 0 aromatic rings. The highest BCUT2D eigenvalue weighted by Crippen LogP contribution is 2.17. The van der Waals surface area contributed by atoms with Crippen molar-refractivity contribution in [3.05, 3.63) is 0 Å². The van der Waals surface area contributed by atoms with E-state index in [9.17, 15) is 5.11 Å². The molecule has 3 N–H and O–H groups in total. The average Bonchev–Trinajstić information content (AvgIpc) is 2.31. The van der Waals surface area contributed by atoms with Crippen LogP contribution < -0.4 is 5.32 Å². The zero-order valence-electron chi connectivity index (χ0n) is 9.08. The number of aliphatic hydroxyl groups is 2. The average molecular weight is 201 g/mol. The zero-order chi connectivity index (χ0) is 10.4. The first-order valence-corrected chi connectivity index (χ1v) is 5.79. The Labute approximate surface area is 86.5 Å². The summed E-state index contributed by atoms with van der Waals surface area (Å²) in [6.07, 6.45) is 5.93. The third-order valence-corrected chi connectivity index (χ3v) is 2.95. The first-order valence-electron chi connectivity index (χ1n) is 5.79. The topological polar surface area (TPSA) is 52.5 Å². The Morgan fingerprint density at radius 3 is 2.71 bits per heavy atom. The highest BCUT2D eigenvalue weighted by molar-refractivity contribution is 4.78. The van der Waals surface area contributed by atoms with Crippen molar-refractivity contribution in [1.29, 1.82) is 0 Å². The molecule has 0 aromatic carbocycles. The van der Waals surface area contributed by atoms with Crippen molar-refractivity contribution in [3.63, 3.8) is 0 Å². The van der Waals surface area contributed by atoms with Crippen molar-refractivity contribution in [3.8, 4) is 0 Å². The number of nitrogens with one attached hydrogen (secondary N) is 1. The lowest BCUT2D eigenvalue weighted by Crippen LogP contribution is -2.40. The molecule has 0 spiro atoms. The minimum atomic E-state index is -0.245. The van der Waals surface area contributed by atoms with Crippen LogP contribution in [-0.2, 0) is 0 Å². The molecule has 0 amide bonds. The molecule has 84 valence electrons. The van der Waals surface area contributed by atoms with Gasteiger partial charge in [-0.05, 0) is 32.7 Å². The molecule has 3 unspecified atom stereocenters. The zero-order valence-corrected chi connectivity index (χ0v) is 9.08. The van der Waals surface area contributed by atoms with Crippen LogP contribution in [0, 0.1) is 0 Å². The molecule has 14 heavy (non-hydrogen) atoms. The second kappa shape index (κ2) is 6.38. The summed E-state index contributed by atoms with van der Waals surface area (Å²) in [6.45, 7) is 2.60. The van der Waals surface area contributed by atoms with Crippen molar-refractivity contribution >= 4 is 0 Å². The first-order chi connectivity index (χ1) is 6.70. The molecule has 0 aromatic heterocycles. The molecule has 1 rings (SSSR count). The standard InChI is InChI=1S/C11H23NO2/c1-9(13)7-8-12-10-5-3-2-4-6-11(10)14/h9-14H,2-8H2,1H3. The van der Waals surface area contributed by atoms with Crippen LogP contribution in [0.2, 0.25) is 0 Å². The number of hydrogen-bond acceptors (Lipinski definition) is 3. The lowest BCUT2D eigenvalue weighted by atomic mass is 10.1. The normalized spacial score (nSPS) is 31.1. The third kappa shape index (κ3) is 4.40. The van der Waals surface area contributed by atoms with E-state index in [1.807, 2.05) is 0 Å². The molecule has 1 aliphatic carbocycles. The fourth-order valence-electron chi connectivity index (χ4n) is 2.00. The summed E-state index contributed by atoms with van der Waals surface area (Å²) in [5.41, 5.74) is 0. The Kier molecular flexibility index (Phi) is 5.45. The summed E-state index contributed by atoms with van der Waals surface area (Å²) in [4.78, 5) is 0. The van der Waals surface area contributed by atoms with E-state index >= 15 is 0 Å². The predicted molar refractivity (Wildman–Crippen MR) is 57.2 cm³/mol. The predicted octanol–water partition coefficient (Wildman–Crippen LogP) is 1.04. The van der Waals surface area contributed by atoms with E-state index in [1.54, 1.807) is 6.92 Å². The van der Waals surface area contributed by atoms with Crippen LogP contribution in [0.25, 0.3) is 0 Å². The molecular weight excluding hydrogens is 178 g/mol. The summed E-state index contributed by atoms with van der Waals surface area (Å²) in [5.74, 6) is 0. The molecule has 0 radical (unpaired) electrons. The Morgan fingerprint density at radius 2 is 2.00 bits per heavy atom. The smallest absolute Gasteiger partial charge is 0.0693 e. The van der Waals surface area contributed by atoms with Gasteiger partial charge in [-0.15, -0.1) is 0 Å². The summed E-state index contributed by atoms with van der Waals surface area (Å²) >= 11 is 0. The quantitative estimate of drug-likeness (QED) is 0.596. The highest BCUT2D eigenvalue weighted by atomic mass is 16.3. The van der Waals surface area contributed by atoms with Crippen LogP contribution >= 0.6 is 0 Å². The largest absolute Gasteiger partial charge is 0.393 e. The molecule has 0 aliphatic heterocycles. The fourth-order valence-corrected chi connectivity index (χ4v) is 2.00. The van der Waals surface area contributed by atoms with Crippen LogP contribution in [0.5, 0.6) is 0 Å². The molecule has 0 heterocycles. The van der Waals surface area contributed by atoms with E-state index in [1.165, 1.54) is 12.8 Å². The van der Waals surface area contributed by atoms with Gasteiger partial charge in [-0.2, -0.15) is 0 Å². The molecule has 3 nitrogen and oxygen atoms in total. The maximum atomic E-state index is 9.79. The van der Waals surface area contributed by atoms with Gasteiger partial charge < -0.3 is 15.5 Å². The second-order valence-corrected chi connectivity index (χ2v) is 4.40. The van der Waals surface area contributed by atoms with Gasteiger partial charge in [-0.3, -0.25) is 0 Å². The summed E-state index contributed by atoms with van der Waals surface area (Å²) < 4.78 is 0. The van der Waals surface area contributed by atoms with Gasteiger partial charge in [-0.25, -0.2) is 0 Å². The van der Waals surface area contributed by atoms with Gasteiger partial charge in [0.1, 0.15) is 0 Å². The van der Waals surface area contributed by atoms with E-state index in [0.29, 0.717) is 0 Å². The third-order valence-electron chi connectivity index (χ3n) is 2.95. The van der Waals surface area contributed by atoms with Gasteiger partial charge >= 0.3 is 0 Å². The Balaban J connectivity index is 2.19. The Bertz CT molecular complexity index is 150. The lowest BCUT2D eigenvalue weighted by molar-refractivity contribution is 0.115. The molecule has 3 heteroatoms. The minimum Gasteiger partial charge on any atom is -0.393 e. The summed E-state index contributed by atoms with van der Waals surface area (Å²) in [5, 5.41) is 22.2. The number of rotatable bonds is 4. The lowest BCUT2D eigenvalue weighted by Gasteiger charge is -2.22. The molecular formula is C11H23NO2. The number of hydrogen-bond donors (Lipinski definition) is 3. The first kappa shape index (κ1) is 12.0. The maximum absolute atomic E-state index is 9.79. The number of aliphatic hydroxyl groups excluding tert-OH is 2. The van der Waals surface area contributed by atoms with Crippen LogP contribution in [0.1, 0.15) is 45.4 Å². The minimum absolute atomic E-state index is 0.188. The van der Waals surface area contributed by atoms with Gasteiger partial charge in [-0.1, -0.05) is 19.3 Å². The van der Waals surface area contributed by atoms with E-state index in [-0.39, 0.29) is 18.2 Å². The summed E-state index contributed by atoms with van der Waals surface area (Å²) in [7, 11) is 0. The van der Waals surface area contributed by atoms with Gasteiger partial charge in [0.15, 0.2) is 0 Å². The van der Waals surface area contributed by atoms with Gasteiger partial charge in [0.25, 0.3) is 0 Å². The fraction of sp³-hybridized carbons (Fsp3) is 1.00. The molecule has 1 aliphatic rings. The molecule has 1 fully saturated rings. The second-order valence-electron chi connectivity index (χ2n) is 4.40. The molecule has 0 saturated heterocycles. The van der Waals surface area contributed by atoms with Crippen LogP contribution in [0.3, 0.4) is 0 Å². The van der Waals surface area contributed by atoms with E-state index in [4.69, 9.17) is 5.11 Å². The van der Waals surface area contributed by atoms with Crippen molar-refractivity contribution < 1.29 is 10.2 Å². The van der Waals surface area contributed by atoms with Crippen molar-refractivity contribution in [2.75, 3.05) is 6.54 Å². The van der Waals surface area contributed by atoms with Gasteiger partial charge in [0.2, 0.25) is 0 Å². The highest BCUT2D eigenvalue weighted by Gasteiger charge is 2.20. The van der Waals surface area contributed by atoms with Gasteiger partial charge in [0.05, 0.1) is 12.2 Å². The van der Waals surface area contributed by atoms with Crippen LogP contribution in [-0.4, -0.2) is 35.0 Å². The van der Waals surface area contributed by atoms with Crippen molar-refractivity contribution in [2.45, 2.75) is 63.7 Å².